The van der Waals surface area contributed by atoms with Crippen LogP contribution in [0.15, 0.2) is 12.3 Å². The first-order valence-corrected chi connectivity index (χ1v) is 10.6. The van der Waals surface area contributed by atoms with Crippen LogP contribution in [0.2, 0.25) is 0 Å². The van der Waals surface area contributed by atoms with Crippen molar-refractivity contribution in [2.24, 2.45) is 0 Å². The zero-order valence-corrected chi connectivity index (χ0v) is 16.3. The van der Waals surface area contributed by atoms with E-state index in [9.17, 15) is 4.57 Å². The molecule has 0 aromatic carbocycles. The number of hydrogen-bond donors (Lipinski definition) is 0. The molecule has 23 heavy (non-hydrogen) atoms. The molecule has 2 aromatic rings. The van der Waals surface area contributed by atoms with Crippen LogP contribution in [0.25, 0.3) is 11.2 Å². The van der Waals surface area contributed by atoms with Gasteiger partial charge in [-0.3, -0.25) is 9.13 Å². The standard InChI is InChI=1S/C17H28N3O2P/c1-11(2)13-9-14-16(18-10-13)20(15(19-14)12(3)4)17(5,6)22-23(7,8)21/h9-12H,1-8H3. The monoisotopic (exact) mass is 337 g/mol. The van der Waals surface area contributed by atoms with Crippen molar-refractivity contribution < 1.29 is 9.09 Å². The number of imidazole rings is 1. The molecule has 0 saturated heterocycles. The highest BCUT2D eigenvalue weighted by Gasteiger charge is 2.32. The lowest BCUT2D eigenvalue weighted by Crippen LogP contribution is -2.31. The second-order valence-corrected chi connectivity index (χ2v) is 10.2. The zero-order chi connectivity index (χ0) is 17.6. The normalized spacial score (nSPS) is 13.5. The molecule has 0 bridgehead atoms. The van der Waals surface area contributed by atoms with E-state index in [1.54, 1.807) is 13.3 Å². The third-order valence-electron chi connectivity index (χ3n) is 3.71. The van der Waals surface area contributed by atoms with Crippen molar-refractivity contribution in [1.82, 2.24) is 14.5 Å². The SMILES string of the molecule is CC(C)c1cnc2c(c1)nc(C(C)C)n2C(C)(C)OP(C)(C)=O. The summed E-state index contributed by atoms with van der Waals surface area (Å²) in [5.41, 5.74) is 2.02. The highest BCUT2D eigenvalue weighted by molar-refractivity contribution is 7.57. The first-order valence-electron chi connectivity index (χ1n) is 8.07. The van der Waals surface area contributed by atoms with Gasteiger partial charge in [-0.2, -0.15) is 0 Å². The van der Waals surface area contributed by atoms with E-state index in [2.05, 4.69) is 38.7 Å². The minimum atomic E-state index is -2.66. The molecule has 0 unspecified atom stereocenters. The van der Waals surface area contributed by atoms with Crippen LogP contribution >= 0.6 is 7.37 Å². The van der Waals surface area contributed by atoms with Crippen LogP contribution < -0.4 is 0 Å². The Bertz CT molecular complexity index is 757. The second kappa shape index (κ2) is 6.03. The lowest BCUT2D eigenvalue weighted by molar-refractivity contribution is 0.0363. The quantitative estimate of drug-likeness (QED) is 0.726. The van der Waals surface area contributed by atoms with Crippen LogP contribution in [0.4, 0.5) is 0 Å². The Morgan fingerprint density at radius 1 is 1.17 bits per heavy atom. The summed E-state index contributed by atoms with van der Waals surface area (Å²) >= 11 is 0. The Hall–Kier alpha value is -1.19. The lowest BCUT2D eigenvalue weighted by atomic mass is 10.1. The van der Waals surface area contributed by atoms with Gasteiger partial charge in [0.1, 0.15) is 17.1 Å². The van der Waals surface area contributed by atoms with Crippen molar-refractivity contribution in [3.05, 3.63) is 23.7 Å². The van der Waals surface area contributed by atoms with Crippen molar-refractivity contribution in [2.75, 3.05) is 13.3 Å². The summed E-state index contributed by atoms with van der Waals surface area (Å²) in [6.45, 7) is 15.6. The minimum Gasteiger partial charge on any atom is -0.302 e. The number of pyridine rings is 1. The Balaban J connectivity index is 2.70. The van der Waals surface area contributed by atoms with Crippen molar-refractivity contribution in [1.29, 1.82) is 0 Å². The molecule has 0 spiro atoms. The van der Waals surface area contributed by atoms with E-state index in [0.29, 0.717) is 5.92 Å². The molecule has 0 atom stereocenters. The van der Waals surface area contributed by atoms with Crippen LogP contribution in [0, 0.1) is 0 Å². The van der Waals surface area contributed by atoms with Crippen molar-refractivity contribution in [3.63, 3.8) is 0 Å². The van der Waals surface area contributed by atoms with E-state index in [4.69, 9.17) is 9.51 Å². The Kier molecular flexibility index (Phi) is 4.76. The summed E-state index contributed by atoms with van der Waals surface area (Å²) < 4.78 is 20.1. The molecule has 0 aliphatic heterocycles. The molecular weight excluding hydrogens is 309 g/mol. The average molecular weight is 337 g/mol. The van der Waals surface area contributed by atoms with Crippen molar-refractivity contribution in [3.8, 4) is 0 Å². The van der Waals surface area contributed by atoms with Crippen LogP contribution in [-0.2, 0) is 14.8 Å². The van der Waals surface area contributed by atoms with Crippen LogP contribution in [0.3, 0.4) is 0 Å². The molecule has 6 heteroatoms. The third kappa shape index (κ3) is 3.84. The molecule has 2 aromatic heterocycles. The summed E-state index contributed by atoms with van der Waals surface area (Å²) in [7, 11) is -2.66. The number of hydrogen-bond acceptors (Lipinski definition) is 4. The van der Waals surface area contributed by atoms with Gasteiger partial charge >= 0.3 is 0 Å². The van der Waals surface area contributed by atoms with Gasteiger partial charge in [-0.25, -0.2) is 9.97 Å². The minimum absolute atomic E-state index is 0.211. The van der Waals surface area contributed by atoms with E-state index in [1.807, 2.05) is 24.6 Å². The van der Waals surface area contributed by atoms with Crippen LogP contribution in [0.5, 0.6) is 0 Å². The van der Waals surface area contributed by atoms with Gasteiger partial charge in [0.15, 0.2) is 13.0 Å². The summed E-state index contributed by atoms with van der Waals surface area (Å²) in [4.78, 5) is 9.41. The summed E-state index contributed by atoms with van der Waals surface area (Å²) in [5.74, 6) is 1.50. The van der Waals surface area contributed by atoms with Gasteiger partial charge in [-0.15, -0.1) is 0 Å². The maximum absolute atomic E-state index is 12.2. The third-order valence-corrected chi connectivity index (χ3v) is 4.60. The highest BCUT2D eigenvalue weighted by Crippen LogP contribution is 2.45. The van der Waals surface area contributed by atoms with Gasteiger partial charge in [-0.05, 0) is 31.4 Å². The molecule has 0 fully saturated rings. The fourth-order valence-electron chi connectivity index (χ4n) is 2.81. The summed E-state index contributed by atoms with van der Waals surface area (Å²) in [6.07, 6.45) is 1.89. The molecular formula is C17H28N3O2P. The summed E-state index contributed by atoms with van der Waals surface area (Å²) in [6, 6.07) is 2.09. The fraction of sp³-hybridized carbons (Fsp3) is 0.647. The molecule has 0 amide bonds. The maximum Gasteiger partial charge on any atom is 0.199 e. The number of fused-ring (bicyclic) bond motifs is 1. The molecule has 0 N–H and O–H groups in total. The average Bonchev–Trinajstić information content (AvgIpc) is 2.74. The van der Waals surface area contributed by atoms with E-state index in [-0.39, 0.29) is 5.92 Å². The van der Waals surface area contributed by atoms with Crippen LogP contribution in [0.1, 0.15) is 64.8 Å². The van der Waals surface area contributed by atoms with Gasteiger partial charge < -0.3 is 4.52 Å². The first kappa shape index (κ1) is 18.2. The van der Waals surface area contributed by atoms with E-state index in [1.165, 1.54) is 0 Å². The van der Waals surface area contributed by atoms with Gasteiger partial charge in [0.05, 0.1) is 0 Å². The second-order valence-electron chi connectivity index (χ2n) is 7.52. The molecule has 5 nitrogen and oxygen atoms in total. The molecule has 2 heterocycles. The molecule has 0 aliphatic carbocycles. The number of rotatable bonds is 5. The van der Waals surface area contributed by atoms with Crippen LogP contribution in [-0.4, -0.2) is 27.9 Å². The number of nitrogens with zero attached hydrogens (tertiary/aromatic N) is 3. The molecule has 0 saturated carbocycles. The molecule has 2 rings (SSSR count). The Morgan fingerprint density at radius 3 is 2.26 bits per heavy atom. The van der Waals surface area contributed by atoms with Gasteiger partial charge in [0.2, 0.25) is 0 Å². The van der Waals surface area contributed by atoms with Crippen molar-refractivity contribution >= 4 is 18.5 Å². The van der Waals surface area contributed by atoms with E-state index in [0.717, 1.165) is 22.6 Å². The van der Waals surface area contributed by atoms with E-state index < -0.39 is 13.1 Å². The largest absolute Gasteiger partial charge is 0.302 e. The predicted molar refractivity (Wildman–Crippen MR) is 95.6 cm³/mol. The molecule has 0 aliphatic rings. The summed E-state index contributed by atoms with van der Waals surface area (Å²) in [5, 5.41) is 0. The smallest absolute Gasteiger partial charge is 0.199 e. The number of aromatic nitrogens is 3. The molecule has 128 valence electrons. The highest BCUT2D eigenvalue weighted by atomic mass is 31.2. The Morgan fingerprint density at radius 2 is 1.78 bits per heavy atom. The Labute approximate surface area is 138 Å². The predicted octanol–water partition coefficient (Wildman–Crippen LogP) is 4.93. The van der Waals surface area contributed by atoms with Gasteiger partial charge in [0.25, 0.3) is 0 Å². The van der Waals surface area contributed by atoms with E-state index >= 15 is 0 Å². The first-order chi connectivity index (χ1) is 10.4. The van der Waals surface area contributed by atoms with Gasteiger partial charge in [-0.1, -0.05) is 27.7 Å². The van der Waals surface area contributed by atoms with Crippen molar-refractivity contribution in [2.45, 2.75) is 59.1 Å². The molecule has 0 radical (unpaired) electrons. The van der Waals surface area contributed by atoms with Gasteiger partial charge in [0, 0.05) is 25.4 Å². The topological polar surface area (TPSA) is 57.0 Å². The zero-order valence-electron chi connectivity index (χ0n) is 15.4. The maximum atomic E-state index is 12.2. The fourth-order valence-corrected chi connectivity index (χ4v) is 3.97. The lowest BCUT2D eigenvalue weighted by Gasteiger charge is -2.31.